The fourth-order valence-electron chi connectivity index (χ4n) is 3.02. The molecule has 2 heterocycles. The lowest BCUT2D eigenvalue weighted by Gasteiger charge is -2.05. The molecular weight excluding hydrogens is 374 g/mol. The number of nitrogens with one attached hydrogen (secondary N) is 2. The number of ether oxygens (including phenoxy) is 1. The summed E-state index contributed by atoms with van der Waals surface area (Å²) >= 11 is 0. The highest BCUT2D eigenvalue weighted by molar-refractivity contribution is 5.78. The molecule has 1 amide bonds. The number of hydrogen-bond donors (Lipinski definition) is 2. The number of amides is 1. The highest BCUT2D eigenvalue weighted by Gasteiger charge is 2.13. The van der Waals surface area contributed by atoms with Crippen LogP contribution in [0.4, 0.5) is 0 Å². The van der Waals surface area contributed by atoms with Crippen molar-refractivity contribution in [1.82, 2.24) is 25.0 Å². The average Bonchev–Trinajstić information content (AvgIpc) is 3.32. The molecule has 2 aromatic heterocycles. The van der Waals surface area contributed by atoms with Gasteiger partial charge in [-0.2, -0.15) is 4.98 Å². The predicted molar refractivity (Wildman–Crippen MR) is 106 cm³/mol. The predicted octanol–water partition coefficient (Wildman–Crippen LogP) is 1.75. The Morgan fingerprint density at radius 1 is 1.21 bits per heavy atom. The Kier molecular flexibility index (Phi) is 5.10. The van der Waals surface area contributed by atoms with E-state index < -0.39 is 0 Å². The first-order chi connectivity index (χ1) is 14.1. The summed E-state index contributed by atoms with van der Waals surface area (Å²) in [6, 6.07) is 14.6. The summed E-state index contributed by atoms with van der Waals surface area (Å²) in [6.45, 7) is 0.662. The van der Waals surface area contributed by atoms with E-state index in [1.54, 1.807) is 23.8 Å². The van der Waals surface area contributed by atoms with Gasteiger partial charge >= 0.3 is 5.69 Å². The third-order valence-electron chi connectivity index (χ3n) is 4.47. The van der Waals surface area contributed by atoms with E-state index in [2.05, 4.69) is 20.4 Å². The largest absolute Gasteiger partial charge is 0.497 e. The monoisotopic (exact) mass is 393 g/mol. The van der Waals surface area contributed by atoms with Crippen LogP contribution in [0.15, 0.2) is 57.8 Å². The van der Waals surface area contributed by atoms with Gasteiger partial charge in [0.2, 0.25) is 17.6 Å². The van der Waals surface area contributed by atoms with E-state index >= 15 is 0 Å². The maximum atomic E-state index is 12.2. The molecule has 0 aliphatic rings. The van der Waals surface area contributed by atoms with E-state index in [-0.39, 0.29) is 23.9 Å². The van der Waals surface area contributed by atoms with Crippen molar-refractivity contribution in [3.8, 4) is 17.1 Å². The van der Waals surface area contributed by atoms with Crippen molar-refractivity contribution in [2.45, 2.75) is 13.0 Å². The summed E-state index contributed by atoms with van der Waals surface area (Å²) in [5.41, 5.74) is 2.12. The lowest BCUT2D eigenvalue weighted by Crippen LogP contribution is -2.31. The molecule has 0 aliphatic carbocycles. The van der Waals surface area contributed by atoms with Crippen molar-refractivity contribution in [3.05, 3.63) is 64.9 Å². The Morgan fingerprint density at radius 2 is 2.00 bits per heavy atom. The number of aromatic nitrogens is 4. The Labute approximate surface area is 165 Å². The van der Waals surface area contributed by atoms with Gasteiger partial charge in [-0.05, 0) is 36.4 Å². The molecule has 0 radical (unpaired) electrons. The smallest absolute Gasteiger partial charge is 0.326 e. The van der Waals surface area contributed by atoms with E-state index in [9.17, 15) is 9.59 Å². The number of H-pyrrole nitrogens is 1. The van der Waals surface area contributed by atoms with E-state index in [0.29, 0.717) is 18.9 Å². The number of carbonyl (C=O) groups is 1. The standard InChI is InChI=1S/C20H19N5O4/c1-28-14-8-6-13(7-9-14)19-23-18(29-24-19)12-17(26)21-10-11-25-16-5-3-2-4-15(16)22-20(25)27/h2-9H,10-12H2,1H3,(H,21,26)(H,22,27). The Balaban J connectivity index is 1.33. The first-order valence-electron chi connectivity index (χ1n) is 9.05. The average molecular weight is 393 g/mol. The van der Waals surface area contributed by atoms with E-state index in [0.717, 1.165) is 22.3 Å². The van der Waals surface area contributed by atoms with Crippen molar-refractivity contribution in [2.24, 2.45) is 0 Å². The minimum atomic E-state index is -0.261. The van der Waals surface area contributed by atoms with Gasteiger partial charge in [0.05, 0.1) is 18.1 Å². The first kappa shape index (κ1) is 18.5. The maximum absolute atomic E-state index is 12.2. The maximum Gasteiger partial charge on any atom is 0.326 e. The van der Waals surface area contributed by atoms with Gasteiger partial charge in [0.15, 0.2) is 0 Å². The zero-order valence-corrected chi connectivity index (χ0v) is 15.7. The van der Waals surface area contributed by atoms with Crippen LogP contribution in [0.25, 0.3) is 22.4 Å². The van der Waals surface area contributed by atoms with Gasteiger partial charge in [-0.15, -0.1) is 0 Å². The van der Waals surface area contributed by atoms with Crippen LogP contribution in [0.1, 0.15) is 5.89 Å². The number of para-hydroxylation sites is 2. The Bertz CT molecular complexity index is 1190. The van der Waals surface area contributed by atoms with Gasteiger partial charge < -0.3 is 19.6 Å². The summed E-state index contributed by atoms with van der Waals surface area (Å²) in [5.74, 6) is 1.09. The number of benzene rings is 2. The van der Waals surface area contributed by atoms with Crippen molar-refractivity contribution in [1.29, 1.82) is 0 Å². The van der Waals surface area contributed by atoms with Crippen LogP contribution in [0, 0.1) is 0 Å². The second kappa shape index (κ2) is 8.01. The van der Waals surface area contributed by atoms with Crippen molar-refractivity contribution in [2.75, 3.05) is 13.7 Å². The molecule has 0 unspecified atom stereocenters. The fraction of sp³-hybridized carbons (Fsp3) is 0.200. The molecule has 0 fully saturated rings. The van der Waals surface area contributed by atoms with Crippen LogP contribution in [-0.2, 0) is 17.8 Å². The lowest BCUT2D eigenvalue weighted by atomic mass is 10.2. The minimum absolute atomic E-state index is 0.0358. The van der Waals surface area contributed by atoms with E-state index in [1.165, 1.54) is 0 Å². The fourth-order valence-corrected chi connectivity index (χ4v) is 3.02. The Hall–Kier alpha value is -3.88. The normalized spacial score (nSPS) is 10.9. The molecular formula is C20H19N5O4. The number of aromatic amines is 1. The van der Waals surface area contributed by atoms with Crippen LogP contribution in [-0.4, -0.2) is 39.3 Å². The van der Waals surface area contributed by atoms with Crippen molar-refractivity contribution < 1.29 is 14.1 Å². The number of carbonyl (C=O) groups excluding carboxylic acids is 1. The first-order valence-corrected chi connectivity index (χ1v) is 9.05. The quantitative estimate of drug-likeness (QED) is 0.494. The summed E-state index contributed by atoms with van der Waals surface area (Å²) < 4.78 is 11.9. The van der Waals surface area contributed by atoms with Crippen LogP contribution >= 0.6 is 0 Å². The molecule has 0 aliphatic heterocycles. The third kappa shape index (κ3) is 4.03. The topological polar surface area (TPSA) is 115 Å². The highest BCUT2D eigenvalue weighted by Crippen LogP contribution is 2.19. The third-order valence-corrected chi connectivity index (χ3v) is 4.47. The summed E-state index contributed by atoms with van der Waals surface area (Å²) in [5, 5.41) is 6.67. The summed E-state index contributed by atoms with van der Waals surface area (Å²) in [6.07, 6.45) is -0.0358. The molecule has 4 rings (SSSR count). The lowest BCUT2D eigenvalue weighted by molar-refractivity contribution is -0.120. The number of methoxy groups -OCH3 is 1. The molecule has 0 bridgehead atoms. The van der Waals surface area contributed by atoms with Crippen LogP contribution < -0.4 is 15.7 Å². The number of hydrogen-bond acceptors (Lipinski definition) is 6. The second-order valence-corrected chi connectivity index (χ2v) is 6.37. The number of imidazole rings is 1. The van der Waals surface area contributed by atoms with Crippen LogP contribution in [0.5, 0.6) is 5.75 Å². The van der Waals surface area contributed by atoms with Gasteiger partial charge in [0.25, 0.3) is 0 Å². The molecule has 29 heavy (non-hydrogen) atoms. The number of fused-ring (bicyclic) bond motifs is 1. The summed E-state index contributed by atoms with van der Waals surface area (Å²) in [4.78, 5) is 31.2. The molecule has 4 aromatic rings. The van der Waals surface area contributed by atoms with Crippen molar-refractivity contribution >= 4 is 16.9 Å². The number of rotatable bonds is 7. The molecule has 0 spiro atoms. The molecule has 2 aromatic carbocycles. The van der Waals surface area contributed by atoms with Gasteiger partial charge in [-0.1, -0.05) is 17.3 Å². The molecule has 0 atom stereocenters. The zero-order valence-electron chi connectivity index (χ0n) is 15.7. The van der Waals surface area contributed by atoms with Gasteiger partial charge in [0, 0.05) is 18.7 Å². The number of nitrogens with zero attached hydrogens (tertiary/aromatic N) is 3. The molecule has 9 nitrogen and oxygen atoms in total. The molecule has 0 saturated heterocycles. The highest BCUT2D eigenvalue weighted by atomic mass is 16.5. The van der Waals surface area contributed by atoms with Crippen LogP contribution in [0.3, 0.4) is 0 Å². The van der Waals surface area contributed by atoms with Gasteiger partial charge in [-0.3, -0.25) is 9.36 Å². The molecule has 148 valence electrons. The minimum Gasteiger partial charge on any atom is -0.497 e. The molecule has 2 N–H and O–H groups in total. The SMILES string of the molecule is COc1ccc(-c2noc(CC(=O)NCCn3c(=O)[nH]c4ccccc43)n2)cc1. The zero-order chi connectivity index (χ0) is 20.2. The van der Waals surface area contributed by atoms with Gasteiger partial charge in [0.1, 0.15) is 12.2 Å². The second-order valence-electron chi connectivity index (χ2n) is 6.37. The van der Waals surface area contributed by atoms with E-state index in [4.69, 9.17) is 9.26 Å². The molecule has 9 heteroatoms. The van der Waals surface area contributed by atoms with Gasteiger partial charge in [-0.25, -0.2) is 4.79 Å². The van der Waals surface area contributed by atoms with Crippen LogP contribution in [0.2, 0.25) is 0 Å². The summed E-state index contributed by atoms with van der Waals surface area (Å²) in [7, 11) is 1.59. The Morgan fingerprint density at radius 3 is 2.79 bits per heavy atom. The van der Waals surface area contributed by atoms with Crippen molar-refractivity contribution in [3.63, 3.8) is 0 Å². The van der Waals surface area contributed by atoms with E-state index in [1.807, 2.05) is 36.4 Å². The molecule has 0 saturated carbocycles.